The normalized spacial score (nSPS) is 11.5. The van der Waals surface area contributed by atoms with Gasteiger partial charge in [0.1, 0.15) is 0 Å². The maximum absolute atomic E-state index is 12.1. The number of nitrogens with two attached hydrogens (primary N) is 1. The predicted molar refractivity (Wildman–Crippen MR) is 86.7 cm³/mol. The van der Waals surface area contributed by atoms with Crippen molar-refractivity contribution in [3.05, 3.63) is 57.0 Å². The van der Waals surface area contributed by atoms with Crippen molar-refractivity contribution < 1.29 is 8.42 Å². The van der Waals surface area contributed by atoms with Gasteiger partial charge in [0, 0.05) is 21.2 Å². The van der Waals surface area contributed by atoms with Crippen molar-refractivity contribution >= 4 is 47.6 Å². The highest BCUT2D eigenvalue weighted by atomic mass is 79.9. The SMILES string of the molecule is Nc1cc(S(=O)(=O)NCc2ccc(Br)cc2)ccc1Br. The van der Waals surface area contributed by atoms with E-state index in [1.54, 1.807) is 6.07 Å². The highest BCUT2D eigenvalue weighted by molar-refractivity contribution is 9.10. The number of hydrogen-bond donors (Lipinski definition) is 2. The van der Waals surface area contributed by atoms with Crippen molar-refractivity contribution in [3.63, 3.8) is 0 Å². The number of sulfonamides is 1. The molecule has 0 aromatic heterocycles. The van der Waals surface area contributed by atoms with Crippen LogP contribution in [0.5, 0.6) is 0 Å². The molecule has 0 radical (unpaired) electrons. The molecule has 20 heavy (non-hydrogen) atoms. The number of nitrogens with one attached hydrogen (secondary N) is 1. The van der Waals surface area contributed by atoms with Crippen LogP contribution in [0.4, 0.5) is 5.69 Å². The Labute approximate surface area is 134 Å². The van der Waals surface area contributed by atoms with Crippen LogP contribution in [0, 0.1) is 0 Å². The molecule has 0 fully saturated rings. The Morgan fingerprint density at radius 1 is 1.05 bits per heavy atom. The molecular weight excluding hydrogens is 408 g/mol. The van der Waals surface area contributed by atoms with Gasteiger partial charge in [-0.3, -0.25) is 0 Å². The van der Waals surface area contributed by atoms with E-state index in [-0.39, 0.29) is 11.4 Å². The minimum atomic E-state index is -3.57. The van der Waals surface area contributed by atoms with Gasteiger partial charge in [-0.05, 0) is 51.8 Å². The van der Waals surface area contributed by atoms with Crippen LogP contribution in [0.15, 0.2) is 56.3 Å². The van der Waals surface area contributed by atoms with Gasteiger partial charge < -0.3 is 5.73 Å². The summed E-state index contributed by atoms with van der Waals surface area (Å²) in [5, 5.41) is 0. The maximum atomic E-state index is 12.1. The van der Waals surface area contributed by atoms with Crippen molar-refractivity contribution in [2.24, 2.45) is 0 Å². The summed E-state index contributed by atoms with van der Waals surface area (Å²) in [6.07, 6.45) is 0. The van der Waals surface area contributed by atoms with E-state index in [2.05, 4.69) is 36.6 Å². The smallest absolute Gasteiger partial charge is 0.240 e. The molecule has 0 bridgehead atoms. The Morgan fingerprint density at radius 2 is 1.70 bits per heavy atom. The number of benzene rings is 2. The van der Waals surface area contributed by atoms with Crippen LogP contribution in [0.1, 0.15) is 5.56 Å². The van der Waals surface area contributed by atoms with E-state index in [9.17, 15) is 8.42 Å². The molecule has 0 unspecified atom stereocenters. The second-order valence-corrected chi connectivity index (χ2v) is 7.67. The first-order valence-electron chi connectivity index (χ1n) is 5.67. The molecule has 0 atom stereocenters. The second-order valence-electron chi connectivity index (χ2n) is 4.13. The Bertz CT molecular complexity index is 716. The topological polar surface area (TPSA) is 72.2 Å². The van der Waals surface area contributed by atoms with Gasteiger partial charge in [-0.25, -0.2) is 13.1 Å². The van der Waals surface area contributed by atoms with E-state index < -0.39 is 10.0 Å². The summed E-state index contributed by atoms with van der Waals surface area (Å²) < 4.78 is 28.5. The molecular formula is C13H12Br2N2O2S. The molecule has 0 aliphatic heterocycles. The zero-order valence-electron chi connectivity index (χ0n) is 10.3. The molecule has 0 heterocycles. The first kappa shape index (κ1) is 15.5. The van der Waals surface area contributed by atoms with Crippen molar-refractivity contribution in [1.82, 2.24) is 4.72 Å². The molecule has 0 amide bonds. The fourth-order valence-electron chi connectivity index (χ4n) is 1.55. The molecule has 2 aromatic rings. The summed E-state index contributed by atoms with van der Waals surface area (Å²) in [6.45, 7) is 0.228. The lowest BCUT2D eigenvalue weighted by molar-refractivity contribution is 0.581. The number of hydrogen-bond acceptors (Lipinski definition) is 3. The third kappa shape index (κ3) is 3.82. The van der Waals surface area contributed by atoms with Gasteiger partial charge in [-0.15, -0.1) is 0 Å². The summed E-state index contributed by atoms with van der Waals surface area (Å²) in [7, 11) is -3.57. The highest BCUT2D eigenvalue weighted by Crippen LogP contribution is 2.22. The first-order chi connectivity index (χ1) is 9.38. The summed E-state index contributed by atoms with van der Waals surface area (Å²) in [5.41, 5.74) is 6.96. The zero-order valence-corrected chi connectivity index (χ0v) is 14.3. The van der Waals surface area contributed by atoms with Gasteiger partial charge in [0.25, 0.3) is 0 Å². The van der Waals surface area contributed by atoms with Crippen LogP contribution in [0.25, 0.3) is 0 Å². The van der Waals surface area contributed by atoms with Crippen LogP contribution >= 0.6 is 31.9 Å². The zero-order chi connectivity index (χ0) is 14.8. The molecule has 0 saturated carbocycles. The fourth-order valence-corrected chi connectivity index (χ4v) is 3.12. The van der Waals surface area contributed by atoms with Crippen molar-refractivity contribution in [3.8, 4) is 0 Å². The van der Waals surface area contributed by atoms with Crippen molar-refractivity contribution in [1.29, 1.82) is 0 Å². The molecule has 106 valence electrons. The van der Waals surface area contributed by atoms with E-state index in [1.807, 2.05) is 24.3 Å². The molecule has 2 rings (SSSR count). The summed E-state index contributed by atoms with van der Waals surface area (Å²) in [5.74, 6) is 0. The number of anilines is 1. The average Bonchev–Trinajstić information content (AvgIpc) is 2.41. The Kier molecular flexibility index (Phi) is 4.85. The second kappa shape index (κ2) is 6.26. The minimum Gasteiger partial charge on any atom is -0.398 e. The lowest BCUT2D eigenvalue weighted by atomic mass is 10.2. The van der Waals surface area contributed by atoms with E-state index in [0.717, 1.165) is 10.0 Å². The van der Waals surface area contributed by atoms with E-state index in [0.29, 0.717) is 10.2 Å². The molecule has 0 aliphatic carbocycles. The predicted octanol–water partition coefficient (Wildman–Crippen LogP) is 3.27. The molecule has 0 spiro atoms. The standard InChI is InChI=1S/C13H12Br2N2O2S/c14-10-3-1-9(2-4-10)8-17-20(18,19)11-5-6-12(15)13(16)7-11/h1-7,17H,8,16H2. The lowest BCUT2D eigenvalue weighted by Gasteiger charge is -2.08. The third-order valence-electron chi connectivity index (χ3n) is 2.66. The van der Waals surface area contributed by atoms with Crippen LogP contribution in [-0.4, -0.2) is 8.42 Å². The third-order valence-corrected chi connectivity index (χ3v) is 5.31. The highest BCUT2D eigenvalue weighted by Gasteiger charge is 2.14. The van der Waals surface area contributed by atoms with Gasteiger partial charge in [0.05, 0.1) is 4.90 Å². The van der Waals surface area contributed by atoms with Crippen LogP contribution in [0.2, 0.25) is 0 Å². The van der Waals surface area contributed by atoms with Crippen LogP contribution in [-0.2, 0) is 16.6 Å². The van der Waals surface area contributed by atoms with Gasteiger partial charge in [0.15, 0.2) is 0 Å². The quantitative estimate of drug-likeness (QED) is 0.747. The van der Waals surface area contributed by atoms with Crippen molar-refractivity contribution in [2.45, 2.75) is 11.4 Å². The maximum Gasteiger partial charge on any atom is 0.240 e. The number of halogens is 2. The summed E-state index contributed by atoms with van der Waals surface area (Å²) in [4.78, 5) is 0.148. The molecule has 3 N–H and O–H groups in total. The minimum absolute atomic E-state index is 0.148. The van der Waals surface area contributed by atoms with E-state index in [4.69, 9.17) is 5.73 Å². The Morgan fingerprint density at radius 3 is 2.30 bits per heavy atom. The average molecular weight is 420 g/mol. The molecule has 0 aliphatic rings. The van der Waals surface area contributed by atoms with Gasteiger partial charge >= 0.3 is 0 Å². The van der Waals surface area contributed by atoms with E-state index in [1.165, 1.54) is 12.1 Å². The number of rotatable bonds is 4. The summed E-state index contributed by atoms with van der Waals surface area (Å²) in [6, 6.07) is 12.0. The van der Waals surface area contributed by atoms with Gasteiger partial charge in [-0.1, -0.05) is 28.1 Å². The Hall–Kier alpha value is -0.890. The van der Waals surface area contributed by atoms with Gasteiger partial charge in [-0.2, -0.15) is 0 Å². The van der Waals surface area contributed by atoms with Gasteiger partial charge in [0.2, 0.25) is 10.0 Å². The monoisotopic (exact) mass is 418 g/mol. The molecule has 2 aromatic carbocycles. The van der Waals surface area contributed by atoms with Crippen LogP contribution in [0.3, 0.4) is 0 Å². The fraction of sp³-hybridized carbons (Fsp3) is 0.0769. The molecule has 0 saturated heterocycles. The van der Waals surface area contributed by atoms with Crippen LogP contribution < -0.4 is 10.5 Å². The first-order valence-corrected chi connectivity index (χ1v) is 8.74. The van der Waals surface area contributed by atoms with Crippen molar-refractivity contribution in [2.75, 3.05) is 5.73 Å². The Balaban J connectivity index is 2.14. The summed E-state index contributed by atoms with van der Waals surface area (Å²) >= 11 is 6.56. The van der Waals surface area contributed by atoms with E-state index >= 15 is 0 Å². The largest absolute Gasteiger partial charge is 0.398 e. The molecule has 4 nitrogen and oxygen atoms in total. The lowest BCUT2D eigenvalue weighted by Crippen LogP contribution is -2.23. The number of nitrogen functional groups attached to an aromatic ring is 1. The molecule has 7 heteroatoms.